The molecule has 3 nitrogen and oxygen atoms in total. The maximum absolute atomic E-state index is 13.4. The molecule has 1 heterocycles. The van der Waals surface area contributed by atoms with E-state index in [1.807, 2.05) is 31.9 Å². The number of hydrogen-bond donors (Lipinski definition) is 1. The first-order chi connectivity index (χ1) is 9.95. The second-order valence-electron chi connectivity index (χ2n) is 6.45. The Labute approximate surface area is 138 Å². The van der Waals surface area contributed by atoms with E-state index in [0.29, 0.717) is 5.92 Å². The number of nitrogens with zero attached hydrogens (tertiary/aromatic N) is 1. The van der Waals surface area contributed by atoms with E-state index in [9.17, 15) is 9.18 Å². The van der Waals surface area contributed by atoms with Gasteiger partial charge in [0.05, 0.1) is 5.41 Å². The van der Waals surface area contributed by atoms with Gasteiger partial charge in [0.2, 0.25) is 5.91 Å². The topological polar surface area (TPSA) is 32.3 Å². The molecule has 1 aliphatic rings. The summed E-state index contributed by atoms with van der Waals surface area (Å²) < 4.78 is 13.4. The van der Waals surface area contributed by atoms with Crippen LogP contribution in [0.5, 0.6) is 0 Å². The summed E-state index contributed by atoms with van der Waals surface area (Å²) in [4.78, 5) is 14.8. The molecule has 1 N–H and O–H groups in total. The lowest BCUT2D eigenvalue weighted by molar-refractivity contribution is -0.138. The predicted molar refractivity (Wildman–Crippen MR) is 89.9 cm³/mol. The van der Waals surface area contributed by atoms with Crippen LogP contribution in [0.4, 0.5) is 4.39 Å². The second-order valence-corrected chi connectivity index (χ2v) is 6.45. The predicted octanol–water partition coefficient (Wildman–Crippen LogP) is 2.98. The third-order valence-electron chi connectivity index (χ3n) is 4.38. The minimum absolute atomic E-state index is 0. The third-order valence-corrected chi connectivity index (χ3v) is 4.38. The Morgan fingerprint density at radius 1 is 1.45 bits per heavy atom. The van der Waals surface area contributed by atoms with Crippen molar-refractivity contribution < 1.29 is 9.18 Å². The molecule has 0 aromatic heterocycles. The maximum atomic E-state index is 13.4. The number of amides is 1. The highest BCUT2D eigenvalue weighted by atomic mass is 35.5. The third kappa shape index (κ3) is 4.20. The van der Waals surface area contributed by atoms with Crippen molar-refractivity contribution in [3.63, 3.8) is 0 Å². The van der Waals surface area contributed by atoms with Crippen LogP contribution < -0.4 is 5.32 Å². The molecule has 1 aromatic carbocycles. The van der Waals surface area contributed by atoms with Gasteiger partial charge in [-0.15, -0.1) is 12.4 Å². The molecule has 1 amide bonds. The van der Waals surface area contributed by atoms with E-state index < -0.39 is 5.41 Å². The Bertz CT molecular complexity index is 505. The van der Waals surface area contributed by atoms with Crippen LogP contribution >= 0.6 is 12.4 Å². The van der Waals surface area contributed by atoms with Crippen LogP contribution in [0.3, 0.4) is 0 Å². The minimum Gasteiger partial charge on any atom is -0.342 e. The lowest BCUT2D eigenvalue weighted by Gasteiger charge is -2.38. The van der Waals surface area contributed by atoms with E-state index in [1.54, 1.807) is 6.07 Å². The number of likely N-dealkylation sites (tertiary alicyclic amines) is 1. The highest BCUT2D eigenvalue weighted by molar-refractivity contribution is 5.87. The number of halogens is 2. The van der Waals surface area contributed by atoms with Crippen LogP contribution in [-0.2, 0) is 10.2 Å². The van der Waals surface area contributed by atoms with Crippen molar-refractivity contribution in [1.29, 1.82) is 0 Å². The SMILES string of the molecule is CNCC1CCCN(C(=O)C(C)(C)c2cccc(F)c2)C1.Cl. The van der Waals surface area contributed by atoms with E-state index >= 15 is 0 Å². The van der Waals surface area contributed by atoms with Crippen molar-refractivity contribution in [1.82, 2.24) is 10.2 Å². The fourth-order valence-electron chi connectivity index (χ4n) is 3.10. The van der Waals surface area contributed by atoms with Gasteiger partial charge >= 0.3 is 0 Å². The number of hydrogen-bond acceptors (Lipinski definition) is 2. The smallest absolute Gasteiger partial charge is 0.232 e. The summed E-state index contributed by atoms with van der Waals surface area (Å²) in [7, 11) is 1.94. The number of nitrogens with one attached hydrogen (secondary N) is 1. The second kappa shape index (κ2) is 7.93. The molecule has 22 heavy (non-hydrogen) atoms. The van der Waals surface area contributed by atoms with Gasteiger partial charge < -0.3 is 10.2 Å². The highest BCUT2D eigenvalue weighted by Gasteiger charge is 2.35. The van der Waals surface area contributed by atoms with Crippen LogP contribution in [0.25, 0.3) is 0 Å². The summed E-state index contributed by atoms with van der Waals surface area (Å²) in [6.45, 7) is 6.29. The number of benzene rings is 1. The van der Waals surface area contributed by atoms with Crippen LogP contribution in [-0.4, -0.2) is 37.5 Å². The van der Waals surface area contributed by atoms with Gasteiger partial charge in [0.25, 0.3) is 0 Å². The maximum Gasteiger partial charge on any atom is 0.232 e. The van der Waals surface area contributed by atoms with Crippen LogP contribution in [0.15, 0.2) is 24.3 Å². The molecule has 1 saturated heterocycles. The molecule has 1 aliphatic heterocycles. The first-order valence-electron chi connectivity index (χ1n) is 7.65. The molecule has 5 heteroatoms. The fourth-order valence-corrected chi connectivity index (χ4v) is 3.10. The molecule has 1 atom stereocenters. The Kier molecular flexibility index (Phi) is 6.82. The summed E-state index contributed by atoms with van der Waals surface area (Å²) in [5.74, 6) is 0.310. The minimum atomic E-state index is -0.691. The van der Waals surface area contributed by atoms with Gasteiger partial charge in [-0.3, -0.25) is 4.79 Å². The van der Waals surface area contributed by atoms with Crippen molar-refractivity contribution in [3.8, 4) is 0 Å². The molecule has 2 rings (SSSR count). The summed E-state index contributed by atoms with van der Waals surface area (Å²) in [6.07, 6.45) is 2.20. The number of piperidine rings is 1. The van der Waals surface area contributed by atoms with E-state index in [1.165, 1.54) is 12.1 Å². The van der Waals surface area contributed by atoms with E-state index in [4.69, 9.17) is 0 Å². The van der Waals surface area contributed by atoms with E-state index in [2.05, 4.69) is 5.32 Å². The zero-order valence-electron chi connectivity index (χ0n) is 13.6. The van der Waals surface area contributed by atoms with Gasteiger partial charge in [0.1, 0.15) is 5.82 Å². The summed E-state index contributed by atoms with van der Waals surface area (Å²) in [6, 6.07) is 6.37. The largest absolute Gasteiger partial charge is 0.342 e. The van der Waals surface area contributed by atoms with E-state index in [-0.39, 0.29) is 24.1 Å². The summed E-state index contributed by atoms with van der Waals surface area (Å²) in [5.41, 5.74) is 0.0483. The molecule has 0 bridgehead atoms. The molecule has 1 unspecified atom stereocenters. The lowest BCUT2D eigenvalue weighted by atomic mass is 9.82. The molecule has 0 spiro atoms. The Morgan fingerprint density at radius 3 is 2.82 bits per heavy atom. The molecule has 0 aliphatic carbocycles. The monoisotopic (exact) mass is 328 g/mol. The summed E-state index contributed by atoms with van der Waals surface area (Å²) in [5, 5.41) is 3.19. The van der Waals surface area contributed by atoms with Gasteiger partial charge in [-0.1, -0.05) is 12.1 Å². The molecule has 0 radical (unpaired) electrons. The van der Waals surface area contributed by atoms with Crippen LogP contribution in [0.2, 0.25) is 0 Å². The quantitative estimate of drug-likeness (QED) is 0.921. The normalized spacial score (nSPS) is 18.7. The van der Waals surface area contributed by atoms with Gasteiger partial charge in [-0.05, 0) is 63.9 Å². The number of rotatable bonds is 4. The van der Waals surface area contributed by atoms with Crippen molar-refractivity contribution in [2.75, 3.05) is 26.7 Å². The standard InChI is InChI=1S/C17H25FN2O.ClH/c1-17(2,14-7-4-8-15(18)10-14)16(21)20-9-5-6-13(12-20)11-19-3;/h4,7-8,10,13,19H,5-6,9,11-12H2,1-3H3;1H. The lowest BCUT2D eigenvalue weighted by Crippen LogP contribution is -2.49. The van der Waals surface area contributed by atoms with E-state index in [0.717, 1.165) is 38.0 Å². The van der Waals surface area contributed by atoms with Crippen molar-refractivity contribution >= 4 is 18.3 Å². The Morgan fingerprint density at radius 2 is 2.18 bits per heavy atom. The zero-order chi connectivity index (χ0) is 15.5. The summed E-state index contributed by atoms with van der Waals surface area (Å²) >= 11 is 0. The average molecular weight is 329 g/mol. The highest BCUT2D eigenvalue weighted by Crippen LogP contribution is 2.28. The van der Waals surface area contributed by atoms with Gasteiger partial charge in [0, 0.05) is 13.1 Å². The molecule has 1 aromatic rings. The first kappa shape index (κ1) is 18.9. The van der Waals surface area contributed by atoms with Crippen molar-refractivity contribution in [2.24, 2.45) is 5.92 Å². The fraction of sp³-hybridized carbons (Fsp3) is 0.588. The van der Waals surface area contributed by atoms with Crippen molar-refractivity contribution in [2.45, 2.75) is 32.1 Å². The number of carbonyl (C=O) groups excluding carboxylic acids is 1. The number of carbonyl (C=O) groups is 1. The Balaban J connectivity index is 0.00000242. The van der Waals surface area contributed by atoms with Crippen LogP contribution in [0, 0.1) is 11.7 Å². The van der Waals surface area contributed by atoms with Crippen molar-refractivity contribution in [3.05, 3.63) is 35.6 Å². The van der Waals surface area contributed by atoms with Gasteiger partial charge in [-0.25, -0.2) is 4.39 Å². The average Bonchev–Trinajstić information content (AvgIpc) is 2.47. The molecular formula is C17H26ClFN2O. The van der Waals surface area contributed by atoms with Gasteiger partial charge in [0.15, 0.2) is 0 Å². The molecule has 1 fully saturated rings. The molecule has 124 valence electrons. The zero-order valence-corrected chi connectivity index (χ0v) is 14.4. The molecule has 0 saturated carbocycles. The van der Waals surface area contributed by atoms with Gasteiger partial charge in [-0.2, -0.15) is 0 Å². The molecular weight excluding hydrogens is 303 g/mol. The Hall–Kier alpha value is -1.13. The van der Waals surface area contributed by atoms with Crippen LogP contribution in [0.1, 0.15) is 32.3 Å². The first-order valence-corrected chi connectivity index (χ1v) is 7.65.